The van der Waals surface area contributed by atoms with Crippen molar-refractivity contribution in [1.82, 2.24) is 0 Å². The normalized spacial score (nSPS) is 10.3. The van der Waals surface area contributed by atoms with Crippen LogP contribution in [0.1, 0.15) is 11.1 Å². The maximum absolute atomic E-state index is 5.92. The summed E-state index contributed by atoms with van der Waals surface area (Å²) in [6.07, 6.45) is 0. The van der Waals surface area contributed by atoms with E-state index >= 15 is 0 Å². The third-order valence-electron chi connectivity index (χ3n) is 1.93. The Bertz CT molecular complexity index is 335. The van der Waals surface area contributed by atoms with E-state index in [0.717, 1.165) is 15.1 Å². The Labute approximate surface area is 97.4 Å². The monoisotopic (exact) mass is 257 g/mol. The van der Waals surface area contributed by atoms with Crippen molar-refractivity contribution in [2.75, 3.05) is 3.94 Å². The molecule has 1 nitrogen and oxygen atoms in total. The van der Waals surface area contributed by atoms with Gasteiger partial charge in [-0.15, -0.1) is 0 Å². The maximum atomic E-state index is 5.92. The van der Waals surface area contributed by atoms with E-state index in [0.29, 0.717) is 15.7 Å². The molecule has 0 radical (unpaired) electrons. The average molecular weight is 259 g/mol. The molecule has 0 bridgehead atoms. The standard InChI is InChI=1S/C8H7Cl4N/c1-4-5(2)8(10)6(9)3-7(4)13(11)12/h3H,1-2H3. The Kier molecular flexibility index (Phi) is 3.58. The lowest BCUT2D eigenvalue weighted by Gasteiger charge is -2.13. The highest BCUT2D eigenvalue weighted by molar-refractivity contribution is 6.50. The van der Waals surface area contributed by atoms with Crippen molar-refractivity contribution in [3.05, 3.63) is 27.2 Å². The number of nitrogens with zero attached hydrogens (tertiary/aromatic N) is 1. The van der Waals surface area contributed by atoms with E-state index in [1.807, 2.05) is 13.8 Å². The first-order valence-corrected chi connectivity index (χ1v) is 4.95. The lowest BCUT2D eigenvalue weighted by molar-refractivity contribution is 1.32. The largest absolute Gasteiger partial charge is 0.194 e. The van der Waals surface area contributed by atoms with Gasteiger partial charge in [-0.1, -0.05) is 23.2 Å². The Hall–Kier alpha value is 0.180. The third-order valence-corrected chi connectivity index (χ3v) is 3.18. The molecule has 0 saturated carbocycles. The number of anilines is 1. The van der Waals surface area contributed by atoms with Gasteiger partial charge in [-0.2, -0.15) is 3.94 Å². The van der Waals surface area contributed by atoms with Crippen LogP contribution in [0.5, 0.6) is 0 Å². The zero-order chi connectivity index (χ0) is 10.2. The quantitative estimate of drug-likeness (QED) is 0.659. The van der Waals surface area contributed by atoms with Crippen LogP contribution in [0.2, 0.25) is 10.0 Å². The first-order chi connectivity index (χ1) is 5.95. The predicted octanol–water partition coefficient (Wildman–Crippen LogP) is 4.72. The predicted molar refractivity (Wildman–Crippen MR) is 60.1 cm³/mol. The molecule has 1 aromatic carbocycles. The summed E-state index contributed by atoms with van der Waals surface area (Å²) >= 11 is 23.0. The van der Waals surface area contributed by atoms with Crippen molar-refractivity contribution in [2.24, 2.45) is 0 Å². The summed E-state index contributed by atoms with van der Waals surface area (Å²) < 4.78 is 0.977. The summed E-state index contributed by atoms with van der Waals surface area (Å²) in [6.45, 7) is 3.74. The minimum Gasteiger partial charge on any atom is -0.194 e. The van der Waals surface area contributed by atoms with Gasteiger partial charge in [0, 0.05) is 23.6 Å². The van der Waals surface area contributed by atoms with Gasteiger partial charge in [0.05, 0.1) is 15.7 Å². The topological polar surface area (TPSA) is 3.24 Å². The van der Waals surface area contributed by atoms with Crippen molar-refractivity contribution in [1.29, 1.82) is 0 Å². The summed E-state index contributed by atoms with van der Waals surface area (Å²) in [7, 11) is 0. The second kappa shape index (κ2) is 4.14. The molecule has 0 N–H and O–H groups in total. The Morgan fingerprint density at radius 1 is 1.08 bits per heavy atom. The molecule has 0 heterocycles. The molecule has 13 heavy (non-hydrogen) atoms. The van der Waals surface area contributed by atoms with Crippen LogP contribution in [0, 0.1) is 13.8 Å². The SMILES string of the molecule is Cc1c(N(Cl)Cl)cc(Cl)c(Cl)c1C. The van der Waals surface area contributed by atoms with E-state index in [4.69, 9.17) is 46.8 Å². The Morgan fingerprint density at radius 3 is 2.08 bits per heavy atom. The minimum absolute atomic E-state index is 0.450. The molecule has 72 valence electrons. The Morgan fingerprint density at radius 2 is 1.62 bits per heavy atom. The summed E-state index contributed by atoms with van der Waals surface area (Å²) in [6, 6.07) is 1.63. The van der Waals surface area contributed by atoms with Crippen LogP contribution in [0.15, 0.2) is 6.07 Å². The van der Waals surface area contributed by atoms with Gasteiger partial charge in [-0.25, -0.2) is 0 Å². The van der Waals surface area contributed by atoms with Gasteiger partial charge in [0.1, 0.15) is 0 Å². The summed E-state index contributed by atoms with van der Waals surface area (Å²) in [5.74, 6) is 0. The van der Waals surface area contributed by atoms with Crippen molar-refractivity contribution in [3.63, 3.8) is 0 Å². The van der Waals surface area contributed by atoms with Gasteiger partial charge in [0.15, 0.2) is 0 Å². The van der Waals surface area contributed by atoms with E-state index in [1.54, 1.807) is 6.07 Å². The first kappa shape index (κ1) is 11.3. The fourth-order valence-corrected chi connectivity index (χ4v) is 1.80. The number of benzene rings is 1. The van der Waals surface area contributed by atoms with E-state index < -0.39 is 0 Å². The molecule has 0 spiro atoms. The zero-order valence-corrected chi connectivity index (χ0v) is 10.1. The molecule has 0 amide bonds. The van der Waals surface area contributed by atoms with Crippen LogP contribution in [-0.4, -0.2) is 0 Å². The summed E-state index contributed by atoms with van der Waals surface area (Å²) in [4.78, 5) is 0. The number of hydrogen-bond donors (Lipinski definition) is 0. The second-order valence-corrected chi connectivity index (χ2v) is 4.31. The maximum Gasteiger partial charge on any atom is 0.0757 e. The second-order valence-electron chi connectivity index (χ2n) is 2.67. The smallest absolute Gasteiger partial charge is 0.0757 e. The van der Waals surface area contributed by atoms with E-state index in [1.165, 1.54) is 0 Å². The molecule has 1 aromatic rings. The molecule has 0 fully saturated rings. The van der Waals surface area contributed by atoms with Gasteiger partial charge in [-0.05, 0) is 31.0 Å². The Balaban J connectivity index is 3.41. The van der Waals surface area contributed by atoms with Crippen molar-refractivity contribution < 1.29 is 0 Å². The summed E-state index contributed by atoms with van der Waals surface area (Å²) in [5.41, 5.74) is 2.45. The molecule has 1 rings (SSSR count). The number of hydrogen-bond acceptors (Lipinski definition) is 1. The van der Waals surface area contributed by atoms with Crippen LogP contribution in [-0.2, 0) is 0 Å². The van der Waals surface area contributed by atoms with Crippen LogP contribution in [0.3, 0.4) is 0 Å². The third kappa shape index (κ3) is 2.16. The highest BCUT2D eigenvalue weighted by Crippen LogP contribution is 2.36. The van der Waals surface area contributed by atoms with Crippen LogP contribution < -0.4 is 3.94 Å². The van der Waals surface area contributed by atoms with Crippen LogP contribution in [0.4, 0.5) is 5.69 Å². The fraction of sp³-hybridized carbons (Fsp3) is 0.250. The molecule has 0 unspecified atom stereocenters. The fourth-order valence-electron chi connectivity index (χ4n) is 1.00. The summed E-state index contributed by atoms with van der Waals surface area (Å²) in [5, 5.41) is 0.990. The number of halogens is 4. The van der Waals surface area contributed by atoms with Crippen LogP contribution >= 0.6 is 46.8 Å². The molecule has 0 atom stereocenters. The van der Waals surface area contributed by atoms with Gasteiger partial charge in [0.25, 0.3) is 0 Å². The highest BCUT2D eigenvalue weighted by Gasteiger charge is 2.12. The van der Waals surface area contributed by atoms with Crippen molar-refractivity contribution in [2.45, 2.75) is 13.8 Å². The highest BCUT2D eigenvalue weighted by atomic mass is 35.5. The van der Waals surface area contributed by atoms with E-state index in [2.05, 4.69) is 0 Å². The van der Waals surface area contributed by atoms with Gasteiger partial charge in [0.2, 0.25) is 0 Å². The molecule has 0 aromatic heterocycles. The molecule has 0 saturated heterocycles. The first-order valence-electron chi connectivity index (χ1n) is 3.52. The van der Waals surface area contributed by atoms with Gasteiger partial charge >= 0.3 is 0 Å². The number of rotatable bonds is 1. The molecule has 5 heteroatoms. The lowest BCUT2D eigenvalue weighted by Crippen LogP contribution is -1.97. The molecule has 0 aliphatic carbocycles. The van der Waals surface area contributed by atoms with E-state index in [-0.39, 0.29) is 0 Å². The minimum atomic E-state index is 0.450. The van der Waals surface area contributed by atoms with Crippen LogP contribution in [0.25, 0.3) is 0 Å². The van der Waals surface area contributed by atoms with Gasteiger partial charge in [-0.3, -0.25) is 0 Å². The molecule has 0 aliphatic heterocycles. The lowest BCUT2D eigenvalue weighted by atomic mass is 10.1. The molecular weight excluding hydrogens is 252 g/mol. The zero-order valence-electron chi connectivity index (χ0n) is 7.04. The average Bonchev–Trinajstić information content (AvgIpc) is 2.07. The van der Waals surface area contributed by atoms with Crippen molar-refractivity contribution in [3.8, 4) is 0 Å². The molecular formula is C8H7Cl4N. The molecule has 0 aliphatic rings. The van der Waals surface area contributed by atoms with Gasteiger partial charge < -0.3 is 0 Å². The van der Waals surface area contributed by atoms with Crippen molar-refractivity contribution >= 4 is 52.4 Å². The van der Waals surface area contributed by atoms with E-state index in [9.17, 15) is 0 Å².